The van der Waals surface area contributed by atoms with E-state index in [1.165, 1.54) is 12.1 Å². The molecule has 1 fully saturated rings. The van der Waals surface area contributed by atoms with Gasteiger partial charge in [-0.1, -0.05) is 20.4 Å². The van der Waals surface area contributed by atoms with Crippen LogP contribution < -0.4 is 21.1 Å². The molecule has 0 saturated heterocycles. The summed E-state index contributed by atoms with van der Waals surface area (Å²) in [5, 5.41) is 4.09. The van der Waals surface area contributed by atoms with E-state index in [9.17, 15) is 35.9 Å². The van der Waals surface area contributed by atoms with E-state index in [0.29, 0.717) is 24.0 Å². The molecule has 0 radical (unpaired) electrons. The monoisotopic (exact) mass is 515 g/mol. The van der Waals surface area contributed by atoms with Gasteiger partial charge in [0.2, 0.25) is 0 Å². The number of carbonyl (C=O) groups excluding carboxylic acids is 2. The van der Waals surface area contributed by atoms with Gasteiger partial charge in [0.1, 0.15) is 16.9 Å². The van der Waals surface area contributed by atoms with Gasteiger partial charge >= 0.3 is 24.2 Å². The number of carbonyl (C=O) groups is 2. The maximum absolute atomic E-state index is 13.8. The van der Waals surface area contributed by atoms with Crippen LogP contribution in [0.15, 0.2) is 36.9 Å². The fraction of sp³-hybridized carbons (Fsp3) is 0.333. The highest BCUT2D eigenvalue weighted by molar-refractivity contribution is 6.39. The van der Waals surface area contributed by atoms with Crippen LogP contribution in [0.1, 0.15) is 43.4 Å². The molecule has 1 saturated carbocycles. The Hall–Kier alpha value is -3.70. The number of hydrogen-bond acceptors (Lipinski definition) is 4. The van der Waals surface area contributed by atoms with E-state index in [0.717, 1.165) is 6.07 Å². The number of nitrogens with one attached hydrogen (secondary N) is 2. The fourth-order valence-electron chi connectivity index (χ4n) is 3.22. The maximum atomic E-state index is 13.8. The first-order chi connectivity index (χ1) is 16.6. The van der Waals surface area contributed by atoms with E-state index in [4.69, 9.17) is 10.5 Å². The Balaban J connectivity index is 2.04. The Bertz CT molecular complexity index is 1170. The molecule has 0 atom stereocenters. The van der Waals surface area contributed by atoms with Crippen molar-refractivity contribution in [2.75, 3.05) is 11.1 Å². The van der Waals surface area contributed by atoms with Crippen molar-refractivity contribution in [3.8, 4) is 11.5 Å². The van der Waals surface area contributed by atoms with Crippen LogP contribution in [-0.4, -0.2) is 17.9 Å². The topological polar surface area (TPSA) is 93.4 Å². The lowest BCUT2D eigenvalue weighted by Gasteiger charge is -2.21. The zero-order chi connectivity index (χ0) is 27.0. The Morgan fingerprint density at radius 2 is 1.56 bits per heavy atom. The molecular formula is C24H23F6N3O3. The van der Waals surface area contributed by atoms with Crippen LogP contribution in [0.4, 0.5) is 37.7 Å². The summed E-state index contributed by atoms with van der Waals surface area (Å²) in [7, 11) is 0. The van der Waals surface area contributed by atoms with E-state index < -0.39 is 46.7 Å². The van der Waals surface area contributed by atoms with Gasteiger partial charge in [-0.25, -0.2) is 0 Å². The van der Waals surface area contributed by atoms with Crippen molar-refractivity contribution in [3.05, 3.63) is 53.6 Å². The number of alkyl halides is 6. The molecule has 1 aliphatic rings. The minimum atomic E-state index is -5.30. The minimum Gasteiger partial charge on any atom is -0.456 e. The maximum Gasteiger partial charge on any atom is 0.420 e. The fourth-order valence-corrected chi connectivity index (χ4v) is 3.22. The molecule has 0 bridgehead atoms. The SMILES string of the molecule is C=C(c1ccc(Oc2c(C(F)(F)F)cc(NC(=O)C(=O)NC3CC3)cc2C(F)(F)F)cc1N)C(C)C. The smallest absolute Gasteiger partial charge is 0.420 e. The minimum absolute atomic E-state index is 0.0122. The second kappa shape index (κ2) is 9.75. The average Bonchev–Trinajstić information content (AvgIpc) is 3.56. The first-order valence-corrected chi connectivity index (χ1v) is 10.8. The number of anilines is 2. The van der Waals surface area contributed by atoms with Crippen molar-refractivity contribution in [3.63, 3.8) is 0 Å². The molecule has 0 spiro atoms. The van der Waals surface area contributed by atoms with Gasteiger partial charge < -0.3 is 21.1 Å². The molecule has 12 heteroatoms. The summed E-state index contributed by atoms with van der Waals surface area (Å²) in [6.07, 6.45) is -9.36. The van der Waals surface area contributed by atoms with Crippen molar-refractivity contribution >= 4 is 28.8 Å². The van der Waals surface area contributed by atoms with Gasteiger partial charge in [0, 0.05) is 29.0 Å². The number of nitrogens with two attached hydrogens (primary N) is 1. The number of benzene rings is 2. The van der Waals surface area contributed by atoms with Gasteiger partial charge in [0.25, 0.3) is 0 Å². The molecule has 0 unspecified atom stereocenters. The zero-order valence-electron chi connectivity index (χ0n) is 19.2. The second-order valence-corrected chi connectivity index (χ2v) is 8.63. The highest BCUT2D eigenvalue weighted by Crippen LogP contribution is 2.47. The van der Waals surface area contributed by atoms with Crippen molar-refractivity contribution < 1.29 is 40.7 Å². The molecule has 0 aromatic heterocycles. The summed E-state index contributed by atoms with van der Waals surface area (Å²) >= 11 is 0. The number of nitrogen functional groups attached to an aromatic ring is 1. The molecule has 3 rings (SSSR count). The van der Waals surface area contributed by atoms with Crippen LogP contribution in [0.5, 0.6) is 11.5 Å². The lowest BCUT2D eigenvalue weighted by Crippen LogP contribution is -2.36. The number of halogens is 6. The van der Waals surface area contributed by atoms with Gasteiger partial charge in [-0.2, -0.15) is 26.3 Å². The second-order valence-electron chi connectivity index (χ2n) is 8.63. The summed E-state index contributed by atoms with van der Waals surface area (Å²) in [5.74, 6) is -4.47. The third kappa shape index (κ3) is 6.29. The molecule has 2 aromatic rings. The molecule has 4 N–H and O–H groups in total. The van der Waals surface area contributed by atoms with Crippen LogP contribution >= 0.6 is 0 Å². The quantitative estimate of drug-likeness (QED) is 0.251. The zero-order valence-corrected chi connectivity index (χ0v) is 19.2. The number of hydrogen-bond donors (Lipinski definition) is 3. The summed E-state index contributed by atoms with van der Waals surface area (Å²) < 4.78 is 88.1. The van der Waals surface area contributed by atoms with Crippen LogP contribution in [0.3, 0.4) is 0 Å². The first kappa shape index (κ1) is 26.9. The molecular weight excluding hydrogens is 492 g/mol. The van der Waals surface area contributed by atoms with Crippen LogP contribution in [-0.2, 0) is 21.9 Å². The third-order valence-electron chi connectivity index (χ3n) is 5.36. The highest BCUT2D eigenvalue weighted by Gasteiger charge is 2.43. The lowest BCUT2D eigenvalue weighted by atomic mass is 9.96. The predicted octanol–water partition coefficient (Wildman–Crippen LogP) is 5.99. The van der Waals surface area contributed by atoms with Crippen LogP contribution in [0.2, 0.25) is 0 Å². The van der Waals surface area contributed by atoms with E-state index in [1.807, 2.05) is 13.8 Å². The molecule has 1 aliphatic carbocycles. The van der Waals surface area contributed by atoms with Crippen molar-refractivity contribution in [1.29, 1.82) is 0 Å². The normalized spacial score (nSPS) is 13.9. The number of amides is 2. The molecule has 0 aliphatic heterocycles. The van der Waals surface area contributed by atoms with Crippen molar-refractivity contribution in [1.82, 2.24) is 5.32 Å². The van der Waals surface area contributed by atoms with E-state index in [-0.39, 0.29) is 35.5 Å². The van der Waals surface area contributed by atoms with E-state index >= 15 is 0 Å². The molecule has 194 valence electrons. The summed E-state index contributed by atoms with van der Waals surface area (Å²) in [6, 6.07) is 3.96. The van der Waals surface area contributed by atoms with Gasteiger partial charge in [-0.05, 0) is 48.6 Å². The molecule has 6 nitrogen and oxygen atoms in total. The van der Waals surface area contributed by atoms with Gasteiger partial charge in [0.15, 0.2) is 5.75 Å². The summed E-state index contributed by atoms with van der Waals surface area (Å²) in [6.45, 7) is 7.56. The molecule has 0 heterocycles. The van der Waals surface area contributed by atoms with Crippen molar-refractivity contribution in [2.45, 2.75) is 45.1 Å². The molecule has 2 aromatic carbocycles. The molecule has 36 heavy (non-hydrogen) atoms. The number of ether oxygens (including phenoxy) is 1. The predicted molar refractivity (Wildman–Crippen MR) is 121 cm³/mol. The first-order valence-electron chi connectivity index (χ1n) is 10.8. The standard InChI is InChI=1S/C24H23F6N3O3/c1-11(2)12(3)16-7-6-15(10-19(16)31)36-20-17(23(25,26)27)8-14(9-18(20)24(28,29)30)33-22(35)21(34)32-13-4-5-13/h6-11,13H,3-5,31H2,1-2H3,(H,32,34)(H,33,35). The van der Waals surface area contributed by atoms with E-state index in [1.54, 1.807) is 5.32 Å². The summed E-state index contributed by atoms with van der Waals surface area (Å²) in [5.41, 5.74) is 2.62. The van der Waals surface area contributed by atoms with E-state index in [2.05, 4.69) is 11.9 Å². The summed E-state index contributed by atoms with van der Waals surface area (Å²) in [4.78, 5) is 23.8. The Morgan fingerprint density at radius 3 is 2.00 bits per heavy atom. The van der Waals surface area contributed by atoms with Crippen molar-refractivity contribution in [2.24, 2.45) is 5.92 Å². The van der Waals surface area contributed by atoms with Gasteiger partial charge in [0.05, 0.1) is 0 Å². The lowest BCUT2D eigenvalue weighted by molar-refractivity contribution is -0.145. The highest BCUT2D eigenvalue weighted by atomic mass is 19.4. The Morgan fingerprint density at radius 1 is 1.00 bits per heavy atom. The van der Waals surface area contributed by atoms with Gasteiger partial charge in [-0.15, -0.1) is 0 Å². The average molecular weight is 515 g/mol. The third-order valence-corrected chi connectivity index (χ3v) is 5.36. The Kier molecular flexibility index (Phi) is 7.28. The Labute approximate surface area is 202 Å². The largest absolute Gasteiger partial charge is 0.456 e. The number of rotatable bonds is 6. The van der Waals surface area contributed by atoms with Crippen LogP contribution in [0.25, 0.3) is 5.57 Å². The number of allylic oxidation sites excluding steroid dienone is 1. The van der Waals surface area contributed by atoms with Crippen LogP contribution in [0, 0.1) is 5.92 Å². The van der Waals surface area contributed by atoms with Gasteiger partial charge in [-0.3, -0.25) is 9.59 Å². The molecule has 2 amide bonds.